The molecule has 1 heterocycles. The van der Waals surface area contributed by atoms with Gasteiger partial charge in [0.15, 0.2) is 0 Å². The van der Waals surface area contributed by atoms with E-state index in [2.05, 4.69) is 29.7 Å². The fraction of sp³-hybridized carbons (Fsp3) is 0.429. The second kappa shape index (κ2) is 5.67. The number of aryl methyl sites for hydroxylation is 1. The Bertz CT molecular complexity index is 440. The summed E-state index contributed by atoms with van der Waals surface area (Å²) in [5.41, 5.74) is 2.18. The summed E-state index contributed by atoms with van der Waals surface area (Å²) in [4.78, 5) is 22.5. The molecule has 0 spiro atoms. The van der Waals surface area contributed by atoms with Gasteiger partial charge in [0.1, 0.15) is 6.04 Å². The van der Waals surface area contributed by atoms with Crippen molar-refractivity contribution in [1.82, 2.24) is 5.32 Å². The van der Waals surface area contributed by atoms with Crippen LogP contribution in [0.3, 0.4) is 0 Å². The van der Waals surface area contributed by atoms with Gasteiger partial charge < -0.3 is 5.32 Å². The van der Waals surface area contributed by atoms with E-state index >= 15 is 0 Å². The number of hydrogen-bond acceptors (Lipinski definition) is 3. The first-order valence-corrected chi connectivity index (χ1v) is 6.38. The van der Waals surface area contributed by atoms with Crippen molar-refractivity contribution in [3.8, 4) is 0 Å². The number of imide groups is 1. The first kappa shape index (κ1) is 12.6. The maximum atomic E-state index is 11.4. The molecule has 2 amide bonds. The van der Waals surface area contributed by atoms with Crippen LogP contribution in [0.25, 0.3) is 0 Å². The van der Waals surface area contributed by atoms with E-state index in [1.807, 2.05) is 12.1 Å². The van der Waals surface area contributed by atoms with Gasteiger partial charge in [-0.2, -0.15) is 0 Å². The van der Waals surface area contributed by atoms with E-state index in [0.717, 1.165) is 12.1 Å². The molecule has 1 aliphatic heterocycles. The van der Waals surface area contributed by atoms with E-state index in [1.165, 1.54) is 18.4 Å². The first-order valence-electron chi connectivity index (χ1n) is 6.38. The van der Waals surface area contributed by atoms with Gasteiger partial charge in [-0.1, -0.05) is 25.5 Å². The zero-order valence-corrected chi connectivity index (χ0v) is 10.5. The average molecular weight is 246 g/mol. The van der Waals surface area contributed by atoms with Crippen LogP contribution >= 0.6 is 0 Å². The molecule has 2 N–H and O–H groups in total. The van der Waals surface area contributed by atoms with Gasteiger partial charge in [0.05, 0.1) is 6.42 Å². The van der Waals surface area contributed by atoms with Crippen molar-refractivity contribution in [2.75, 3.05) is 5.32 Å². The molecule has 4 nitrogen and oxygen atoms in total. The number of nitrogens with one attached hydrogen (secondary N) is 2. The van der Waals surface area contributed by atoms with Crippen LogP contribution in [-0.4, -0.2) is 17.9 Å². The number of carbonyl (C=O) groups is 2. The summed E-state index contributed by atoms with van der Waals surface area (Å²) in [5.74, 6) is -0.452. The molecule has 0 aliphatic carbocycles. The van der Waals surface area contributed by atoms with Crippen molar-refractivity contribution in [2.24, 2.45) is 0 Å². The van der Waals surface area contributed by atoms with Crippen LogP contribution in [0.1, 0.15) is 31.7 Å². The van der Waals surface area contributed by atoms with Crippen LogP contribution in [0.5, 0.6) is 0 Å². The van der Waals surface area contributed by atoms with Gasteiger partial charge in [-0.25, -0.2) is 0 Å². The fourth-order valence-corrected chi connectivity index (χ4v) is 2.02. The van der Waals surface area contributed by atoms with Gasteiger partial charge in [-0.05, 0) is 30.5 Å². The molecule has 1 aromatic rings. The number of hydrogen-bond donors (Lipinski definition) is 2. The molecule has 0 bridgehead atoms. The zero-order chi connectivity index (χ0) is 13.0. The molecular weight excluding hydrogens is 228 g/mol. The Balaban J connectivity index is 1.94. The Hall–Kier alpha value is -1.84. The Labute approximate surface area is 107 Å². The second-order valence-electron chi connectivity index (χ2n) is 4.61. The lowest BCUT2D eigenvalue weighted by molar-refractivity contribution is -0.124. The molecule has 0 aromatic heterocycles. The highest BCUT2D eigenvalue weighted by Gasteiger charge is 2.30. The summed E-state index contributed by atoms with van der Waals surface area (Å²) in [5, 5.41) is 5.36. The lowest BCUT2D eigenvalue weighted by Gasteiger charge is -2.11. The molecule has 1 atom stereocenters. The van der Waals surface area contributed by atoms with Crippen LogP contribution < -0.4 is 10.6 Å². The van der Waals surface area contributed by atoms with Crippen molar-refractivity contribution in [1.29, 1.82) is 0 Å². The minimum absolute atomic E-state index is 0.211. The topological polar surface area (TPSA) is 58.2 Å². The van der Waals surface area contributed by atoms with Crippen LogP contribution in [-0.2, 0) is 16.0 Å². The summed E-state index contributed by atoms with van der Waals surface area (Å²) < 4.78 is 0. The van der Waals surface area contributed by atoms with Crippen LogP contribution in [0.2, 0.25) is 0 Å². The van der Waals surface area contributed by atoms with E-state index in [0.29, 0.717) is 0 Å². The van der Waals surface area contributed by atoms with Gasteiger partial charge >= 0.3 is 0 Å². The molecule has 1 saturated heterocycles. The van der Waals surface area contributed by atoms with Crippen molar-refractivity contribution < 1.29 is 9.59 Å². The van der Waals surface area contributed by atoms with E-state index in [-0.39, 0.29) is 18.2 Å². The minimum atomic E-state index is -0.431. The molecule has 1 aromatic carbocycles. The van der Waals surface area contributed by atoms with E-state index < -0.39 is 6.04 Å². The molecule has 0 saturated carbocycles. The van der Waals surface area contributed by atoms with Gasteiger partial charge in [-0.15, -0.1) is 0 Å². The predicted octanol–water partition coefficient (Wildman–Crippen LogP) is 1.86. The molecule has 4 heteroatoms. The fourth-order valence-electron chi connectivity index (χ4n) is 2.02. The molecule has 18 heavy (non-hydrogen) atoms. The van der Waals surface area contributed by atoms with Gasteiger partial charge in [0, 0.05) is 5.69 Å². The monoisotopic (exact) mass is 246 g/mol. The smallest absolute Gasteiger partial charge is 0.249 e. The van der Waals surface area contributed by atoms with Crippen LogP contribution in [0, 0.1) is 0 Å². The standard InChI is InChI=1S/C14H18N2O2/c1-2-3-4-10-5-7-11(8-6-10)15-12-9-13(17)16-14(12)18/h5-8,12,15H,2-4,9H2,1H3,(H,16,17,18). The highest BCUT2D eigenvalue weighted by Crippen LogP contribution is 2.15. The Morgan fingerprint density at radius 1 is 1.28 bits per heavy atom. The Kier molecular flexibility index (Phi) is 3.97. The Morgan fingerprint density at radius 2 is 2.00 bits per heavy atom. The highest BCUT2D eigenvalue weighted by atomic mass is 16.2. The SMILES string of the molecule is CCCCc1ccc(NC2CC(=O)NC2=O)cc1. The third-order valence-corrected chi connectivity index (χ3v) is 3.08. The molecule has 1 aliphatic rings. The number of anilines is 1. The van der Waals surface area contributed by atoms with Crippen molar-refractivity contribution in [2.45, 2.75) is 38.6 Å². The summed E-state index contributed by atoms with van der Waals surface area (Å²) in [6, 6.07) is 7.61. The largest absolute Gasteiger partial charge is 0.373 e. The number of rotatable bonds is 5. The van der Waals surface area contributed by atoms with Gasteiger partial charge in [0.2, 0.25) is 11.8 Å². The van der Waals surface area contributed by atoms with Gasteiger partial charge in [0.25, 0.3) is 0 Å². The van der Waals surface area contributed by atoms with Gasteiger partial charge in [-0.3, -0.25) is 14.9 Å². The maximum Gasteiger partial charge on any atom is 0.249 e. The van der Waals surface area contributed by atoms with Crippen LogP contribution in [0.15, 0.2) is 24.3 Å². The quantitative estimate of drug-likeness (QED) is 0.780. The Morgan fingerprint density at radius 3 is 2.56 bits per heavy atom. The first-order chi connectivity index (χ1) is 8.69. The normalized spacial score (nSPS) is 18.8. The van der Waals surface area contributed by atoms with Crippen LogP contribution in [0.4, 0.5) is 5.69 Å². The molecule has 1 fully saturated rings. The summed E-state index contributed by atoms with van der Waals surface area (Å²) >= 11 is 0. The summed E-state index contributed by atoms with van der Waals surface area (Å²) in [6.07, 6.45) is 3.67. The van der Waals surface area contributed by atoms with E-state index in [1.54, 1.807) is 0 Å². The number of unbranched alkanes of at least 4 members (excludes halogenated alkanes) is 1. The summed E-state index contributed by atoms with van der Waals surface area (Å²) in [6.45, 7) is 2.17. The van der Waals surface area contributed by atoms with E-state index in [9.17, 15) is 9.59 Å². The average Bonchev–Trinajstić information content (AvgIpc) is 2.67. The molecule has 1 unspecified atom stereocenters. The molecule has 0 radical (unpaired) electrons. The number of benzene rings is 1. The zero-order valence-electron chi connectivity index (χ0n) is 10.5. The maximum absolute atomic E-state index is 11.4. The predicted molar refractivity (Wildman–Crippen MR) is 70.2 cm³/mol. The lowest BCUT2D eigenvalue weighted by atomic mass is 10.1. The molecule has 96 valence electrons. The minimum Gasteiger partial charge on any atom is -0.373 e. The van der Waals surface area contributed by atoms with E-state index in [4.69, 9.17) is 0 Å². The molecular formula is C14H18N2O2. The number of amides is 2. The van der Waals surface area contributed by atoms with Crippen molar-refractivity contribution >= 4 is 17.5 Å². The summed E-state index contributed by atoms with van der Waals surface area (Å²) in [7, 11) is 0. The van der Waals surface area contributed by atoms with Crippen molar-refractivity contribution in [3.63, 3.8) is 0 Å². The van der Waals surface area contributed by atoms with Crippen molar-refractivity contribution in [3.05, 3.63) is 29.8 Å². The lowest BCUT2D eigenvalue weighted by Crippen LogP contribution is -2.29. The molecule has 2 rings (SSSR count). The third kappa shape index (κ3) is 3.09. The number of carbonyl (C=O) groups excluding carboxylic acids is 2. The third-order valence-electron chi connectivity index (χ3n) is 3.08. The highest BCUT2D eigenvalue weighted by molar-refractivity contribution is 6.06. The second-order valence-corrected chi connectivity index (χ2v) is 4.61.